The number of alkyl halides is 3. The van der Waals surface area contributed by atoms with Crippen LogP contribution in [0.2, 0.25) is 0 Å². The van der Waals surface area contributed by atoms with Crippen LogP contribution in [0.1, 0.15) is 23.1 Å². The lowest BCUT2D eigenvalue weighted by molar-refractivity contribution is -0.268. The maximum absolute atomic E-state index is 14.3. The minimum absolute atomic E-state index is 0.00244. The first-order valence-corrected chi connectivity index (χ1v) is 11.0. The monoisotopic (exact) mass is 459 g/mol. The van der Waals surface area contributed by atoms with Gasteiger partial charge in [-0.15, -0.1) is 11.3 Å². The first-order valence-electron chi connectivity index (χ1n) is 10.1. The molecule has 0 saturated heterocycles. The van der Waals surface area contributed by atoms with Crippen LogP contribution in [0.3, 0.4) is 0 Å². The zero-order valence-electron chi connectivity index (χ0n) is 17.3. The number of hydrazone groups is 1. The molecule has 0 radical (unpaired) electrons. The van der Waals surface area contributed by atoms with E-state index < -0.39 is 17.8 Å². The van der Waals surface area contributed by atoms with Crippen molar-refractivity contribution < 1.29 is 23.0 Å². The van der Waals surface area contributed by atoms with Crippen LogP contribution in [0.15, 0.2) is 52.9 Å². The molecule has 1 aromatic heterocycles. The Morgan fingerprint density at radius 3 is 2.62 bits per heavy atom. The van der Waals surface area contributed by atoms with Crippen molar-refractivity contribution in [3.8, 4) is 17.0 Å². The van der Waals surface area contributed by atoms with Crippen molar-refractivity contribution in [2.75, 3.05) is 12.1 Å². The maximum Gasteiger partial charge on any atom is 0.439 e. The first kappa shape index (κ1) is 21.0. The molecule has 166 valence electrons. The fourth-order valence-corrected chi connectivity index (χ4v) is 5.19. The number of benzene rings is 2. The van der Waals surface area contributed by atoms with Gasteiger partial charge in [0.2, 0.25) is 5.13 Å². The second-order valence-corrected chi connectivity index (χ2v) is 8.85. The normalized spacial score (nSPS) is 22.4. The molecule has 1 aliphatic heterocycles. The lowest BCUT2D eigenvalue weighted by Gasteiger charge is -2.38. The van der Waals surface area contributed by atoms with Crippen molar-refractivity contribution >= 4 is 22.2 Å². The lowest BCUT2D eigenvalue weighted by Crippen LogP contribution is -2.60. The molecule has 3 aromatic rings. The van der Waals surface area contributed by atoms with Gasteiger partial charge >= 0.3 is 6.18 Å². The number of nitrogens with zero attached hydrogens (tertiary/aromatic N) is 3. The number of hydrogen-bond donors (Lipinski definition) is 1. The number of aryl methyl sites for hydroxylation is 2. The molecule has 0 amide bonds. The number of aromatic nitrogens is 1. The van der Waals surface area contributed by atoms with Crippen molar-refractivity contribution in [1.82, 2.24) is 4.98 Å². The fraction of sp³-hybridized carbons (Fsp3) is 0.304. The summed E-state index contributed by atoms with van der Waals surface area (Å²) >= 11 is 1.02. The average Bonchev–Trinajstić information content (AvgIpc) is 3.37. The van der Waals surface area contributed by atoms with Gasteiger partial charge in [-0.1, -0.05) is 29.8 Å². The summed E-state index contributed by atoms with van der Waals surface area (Å²) in [6.45, 7) is 1.95. The van der Waals surface area contributed by atoms with Crippen LogP contribution in [-0.2, 0) is 6.42 Å². The van der Waals surface area contributed by atoms with Crippen LogP contribution in [-0.4, -0.2) is 34.8 Å². The molecule has 9 heteroatoms. The van der Waals surface area contributed by atoms with Crippen LogP contribution >= 0.6 is 11.3 Å². The van der Waals surface area contributed by atoms with Gasteiger partial charge in [0.1, 0.15) is 5.75 Å². The molecule has 0 unspecified atom stereocenters. The predicted molar refractivity (Wildman–Crippen MR) is 117 cm³/mol. The highest BCUT2D eigenvalue weighted by Gasteiger charge is 2.68. The Morgan fingerprint density at radius 1 is 1.19 bits per heavy atom. The summed E-state index contributed by atoms with van der Waals surface area (Å²) in [5, 5.41) is 17.7. The van der Waals surface area contributed by atoms with Crippen molar-refractivity contribution in [3.63, 3.8) is 0 Å². The Labute approximate surface area is 186 Å². The molecule has 5 nitrogen and oxygen atoms in total. The molecule has 2 aromatic carbocycles. The molecule has 2 aliphatic rings. The zero-order chi connectivity index (χ0) is 22.7. The molecule has 5 rings (SSSR count). The highest BCUT2D eigenvalue weighted by Crippen LogP contribution is 2.51. The Kier molecular flexibility index (Phi) is 4.79. The molecule has 1 aliphatic carbocycles. The van der Waals surface area contributed by atoms with Crippen LogP contribution in [0, 0.1) is 12.8 Å². The van der Waals surface area contributed by atoms with Crippen molar-refractivity contribution in [1.29, 1.82) is 0 Å². The van der Waals surface area contributed by atoms with Gasteiger partial charge in [0.05, 0.1) is 24.4 Å². The summed E-state index contributed by atoms with van der Waals surface area (Å²) in [5.74, 6) is -0.582. The first-order chi connectivity index (χ1) is 15.2. The highest BCUT2D eigenvalue weighted by molar-refractivity contribution is 7.14. The Hall–Kier alpha value is -2.91. The number of halogens is 3. The molecule has 32 heavy (non-hydrogen) atoms. The minimum atomic E-state index is -4.93. The molecular weight excluding hydrogens is 439 g/mol. The standard InChI is InChI=1S/C23H20F3N3O2S/c1-13-3-5-14(6-4-13)19-12-32-21(27-19)29-22(30,23(24,25)26)18-10-7-15-11-16(31-2)8-9-17(15)20(18)28-29/h3-6,8-9,11-12,18,30H,7,10H2,1-2H3/t18-,22+/m0/s1. The van der Waals surface area contributed by atoms with Gasteiger partial charge in [-0.2, -0.15) is 23.3 Å². The van der Waals surface area contributed by atoms with E-state index >= 15 is 0 Å². The van der Waals surface area contributed by atoms with Gasteiger partial charge in [0, 0.05) is 16.5 Å². The molecule has 0 fully saturated rings. The van der Waals surface area contributed by atoms with E-state index in [1.807, 2.05) is 37.3 Å². The summed E-state index contributed by atoms with van der Waals surface area (Å²) in [5.41, 5.74) is 0.905. The van der Waals surface area contributed by atoms with Gasteiger partial charge < -0.3 is 9.84 Å². The van der Waals surface area contributed by atoms with Gasteiger partial charge in [0.15, 0.2) is 0 Å². The van der Waals surface area contributed by atoms with E-state index in [1.54, 1.807) is 24.6 Å². The van der Waals surface area contributed by atoms with Gasteiger partial charge in [-0.05, 0) is 43.5 Å². The van der Waals surface area contributed by atoms with E-state index in [9.17, 15) is 18.3 Å². The van der Waals surface area contributed by atoms with Gasteiger partial charge in [-0.25, -0.2) is 4.98 Å². The van der Waals surface area contributed by atoms with Gasteiger partial charge in [-0.3, -0.25) is 0 Å². The van der Waals surface area contributed by atoms with Crippen LogP contribution < -0.4 is 9.75 Å². The SMILES string of the molecule is COc1ccc2c(c1)CC[C@H]1C2=NN(c2nc(-c3ccc(C)cc3)cs2)[C@]1(O)C(F)(F)F. The Balaban J connectivity index is 1.60. The number of ether oxygens (including phenoxy) is 1. The predicted octanol–water partition coefficient (Wildman–Crippen LogP) is 5.16. The summed E-state index contributed by atoms with van der Waals surface area (Å²) in [4.78, 5) is 4.40. The number of methoxy groups -OCH3 is 1. The molecular formula is C23H20F3N3O2S. The third-order valence-corrected chi connectivity index (χ3v) is 6.89. The summed E-state index contributed by atoms with van der Waals surface area (Å²) in [7, 11) is 1.54. The third kappa shape index (κ3) is 3.10. The average molecular weight is 459 g/mol. The van der Waals surface area contributed by atoms with Gasteiger partial charge in [0.25, 0.3) is 5.72 Å². The largest absolute Gasteiger partial charge is 0.497 e. The number of fused-ring (bicyclic) bond motifs is 3. The molecule has 1 N–H and O–H groups in total. The van der Waals surface area contributed by atoms with E-state index in [-0.39, 0.29) is 17.3 Å². The quantitative estimate of drug-likeness (QED) is 0.588. The third-order valence-electron chi connectivity index (χ3n) is 6.08. The maximum atomic E-state index is 14.3. The number of anilines is 1. The topological polar surface area (TPSA) is 58.0 Å². The number of rotatable bonds is 3. The van der Waals surface area contributed by atoms with E-state index in [1.165, 1.54) is 0 Å². The summed E-state index contributed by atoms with van der Waals surface area (Å²) in [6, 6.07) is 12.8. The number of thiazole rings is 1. The molecule has 0 saturated carbocycles. The molecule has 0 bridgehead atoms. The van der Waals surface area contributed by atoms with E-state index in [4.69, 9.17) is 4.74 Å². The van der Waals surface area contributed by atoms with Crippen LogP contribution in [0.4, 0.5) is 18.3 Å². The van der Waals surface area contributed by atoms with E-state index in [0.717, 1.165) is 28.0 Å². The van der Waals surface area contributed by atoms with Crippen molar-refractivity contribution in [2.24, 2.45) is 11.0 Å². The second-order valence-electron chi connectivity index (χ2n) is 8.02. The van der Waals surface area contributed by atoms with Crippen molar-refractivity contribution in [3.05, 3.63) is 64.5 Å². The fourth-order valence-electron chi connectivity index (χ4n) is 4.35. The van der Waals surface area contributed by atoms with Crippen LogP contribution in [0.5, 0.6) is 5.75 Å². The smallest absolute Gasteiger partial charge is 0.439 e. The van der Waals surface area contributed by atoms with Crippen molar-refractivity contribution in [2.45, 2.75) is 31.7 Å². The minimum Gasteiger partial charge on any atom is -0.497 e. The highest BCUT2D eigenvalue weighted by atomic mass is 32.1. The van der Waals surface area contributed by atoms with E-state index in [2.05, 4.69) is 10.1 Å². The molecule has 2 atom stereocenters. The summed E-state index contributed by atoms with van der Waals surface area (Å²) < 4.78 is 48.2. The lowest BCUT2D eigenvalue weighted by atomic mass is 9.77. The van der Waals surface area contributed by atoms with Crippen LogP contribution in [0.25, 0.3) is 11.3 Å². The zero-order valence-corrected chi connectivity index (χ0v) is 18.2. The molecule has 2 heterocycles. The summed E-state index contributed by atoms with van der Waals surface area (Å²) in [6.07, 6.45) is -4.43. The Bertz CT molecular complexity index is 1210. The Morgan fingerprint density at radius 2 is 1.94 bits per heavy atom. The number of aliphatic hydroxyl groups is 1. The second kappa shape index (κ2) is 7.31. The molecule has 0 spiro atoms. The number of hydrogen-bond acceptors (Lipinski definition) is 6. The van der Waals surface area contributed by atoms with E-state index in [0.29, 0.717) is 28.4 Å².